The van der Waals surface area contributed by atoms with E-state index in [1.165, 1.54) is 10.9 Å². The van der Waals surface area contributed by atoms with Crippen molar-refractivity contribution in [3.8, 4) is 5.75 Å². The summed E-state index contributed by atoms with van der Waals surface area (Å²) in [6.45, 7) is 5.59. The summed E-state index contributed by atoms with van der Waals surface area (Å²) >= 11 is 6.03. The number of halogens is 1. The highest BCUT2D eigenvalue weighted by molar-refractivity contribution is 6.32. The summed E-state index contributed by atoms with van der Waals surface area (Å²) in [4.78, 5) is 16.2. The fraction of sp³-hybridized carbons (Fsp3) is 0.375. The minimum atomic E-state index is -0.835. The Bertz CT molecular complexity index is 728. The van der Waals surface area contributed by atoms with E-state index in [-0.39, 0.29) is 18.7 Å². The first kappa shape index (κ1) is 16.5. The highest BCUT2D eigenvalue weighted by Crippen LogP contribution is 2.25. The maximum Gasteiger partial charge on any atom is 0.256 e. The van der Waals surface area contributed by atoms with Crippen molar-refractivity contribution in [2.24, 2.45) is 0 Å². The summed E-state index contributed by atoms with van der Waals surface area (Å²) in [5, 5.41) is 10.5. The van der Waals surface area contributed by atoms with E-state index >= 15 is 0 Å². The maximum atomic E-state index is 12.0. The first-order valence-electron chi connectivity index (χ1n) is 6.98. The van der Waals surface area contributed by atoms with E-state index in [0.717, 1.165) is 5.56 Å². The second-order valence-corrected chi connectivity index (χ2v) is 5.72. The molecule has 1 aromatic heterocycles. The molecule has 1 unspecified atom stereocenters. The van der Waals surface area contributed by atoms with E-state index in [0.29, 0.717) is 22.0 Å². The molecular weight excluding hydrogens is 304 g/mol. The van der Waals surface area contributed by atoms with Gasteiger partial charge in [0.2, 0.25) is 0 Å². The first-order valence-corrected chi connectivity index (χ1v) is 7.36. The topological polar surface area (TPSA) is 64.3 Å². The molecule has 0 aliphatic heterocycles. The predicted molar refractivity (Wildman–Crippen MR) is 85.7 cm³/mol. The van der Waals surface area contributed by atoms with Crippen LogP contribution < -0.4 is 10.3 Å². The fourth-order valence-electron chi connectivity index (χ4n) is 1.99. The second-order valence-electron chi connectivity index (χ2n) is 5.31. The number of rotatable bonds is 5. The van der Waals surface area contributed by atoms with Gasteiger partial charge in [0, 0.05) is 11.3 Å². The molecule has 2 rings (SSSR count). The SMILES string of the molecule is Cc1ccc(Cl)c(OCC(O)Cn2cnc(C)c(C)c2=O)c1. The molecule has 1 heterocycles. The van der Waals surface area contributed by atoms with Crippen LogP contribution in [0.1, 0.15) is 16.8 Å². The van der Waals surface area contributed by atoms with E-state index in [1.54, 1.807) is 26.0 Å². The van der Waals surface area contributed by atoms with Gasteiger partial charge in [-0.1, -0.05) is 17.7 Å². The lowest BCUT2D eigenvalue weighted by Gasteiger charge is -2.15. The van der Waals surface area contributed by atoms with Crippen LogP contribution in [-0.2, 0) is 6.54 Å². The normalized spacial score (nSPS) is 12.2. The highest BCUT2D eigenvalue weighted by atomic mass is 35.5. The number of ether oxygens (including phenoxy) is 1. The minimum absolute atomic E-state index is 0.0442. The largest absolute Gasteiger partial charge is 0.489 e. The summed E-state index contributed by atoms with van der Waals surface area (Å²) in [6.07, 6.45) is 0.603. The van der Waals surface area contributed by atoms with Crippen LogP contribution in [-0.4, -0.2) is 27.4 Å². The van der Waals surface area contributed by atoms with E-state index in [9.17, 15) is 9.90 Å². The molecule has 6 heteroatoms. The molecule has 118 valence electrons. The first-order chi connectivity index (χ1) is 10.4. The average Bonchev–Trinajstić information content (AvgIpc) is 2.49. The monoisotopic (exact) mass is 322 g/mol. The summed E-state index contributed by atoms with van der Waals surface area (Å²) in [7, 11) is 0. The van der Waals surface area contributed by atoms with Crippen molar-refractivity contribution in [3.63, 3.8) is 0 Å². The van der Waals surface area contributed by atoms with Gasteiger partial charge in [0.25, 0.3) is 5.56 Å². The summed E-state index contributed by atoms with van der Waals surface area (Å²) in [5.41, 5.74) is 2.14. The number of aliphatic hydroxyl groups is 1. The number of nitrogens with zero attached hydrogens (tertiary/aromatic N) is 2. The molecule has 0 aliphatic rings. The molecule has 1 N–H and O–H groups in total. The third-order valence-electron chi connectivity index (χ3n) is 3.44. The fourth-order valence-corrected chi connectivity index (χ4v) is 2.16. The Hall–Kier alpha value is -1.85. The van der Waals surface area contributed by atoms with Crippen LogP contribution in [0.15, 0.2) is 29.3 Å². The van der Waals surface area contributed by atoms with Gasteiger partial charge in [-0.25, -0.2) is 4.98 Å². The van der Waals surface area contributed by atoms with Gasteiger partial charge in [-0.05, 0) is 38.5 Å². The van der Waals surface area contributed by atoms with E-state index in [1.807, 2.05) is 13.0 Å². The molecule has 0 fully saturated rings. The van der Waals surface area contributed by atoms with Crippen molar-refractivity contribution in [1.29, 1.82) is 0 Å². The van der Waals surface area contributed by atoms with Crippen molar-refractivity contribution in [2.45, 2.75) is 33.4 Å². The zero-order chi connectivity index (χ0) is 16.3. The molecule has 0 amide bonds. The zero-order valence-electron chi connectivity index (χ0n) is 12.8. The van der Waals surface area contributed by atoms with Crippen LogP contribution in [0.2, 0.25) is 5.02 Å². The van der Waals surface area contributed by atoms with Crippen LogP contribution in [0.3, 0.4) is 0 Å². The van der Waals surface area contributed by atoms with Crippen LogP contribution in [0.5, 0.6) is 5.75 Å². The van der Waals surface area contributed by atoms with Gasteiger partial charge < -0.3 is 9.84 Å². The number of benzene rings is 1. The van der Waals surface area contributed by atoms with Crippen LogP contribution >= 0.6 is 11.6 Å². The molecule has 0 saturated carbocycles. The minimum Gasteiger partial charge on any atom is -0.489 e. The molecule has 1 atom stereocenters. The summed E-state index contributed by atoms with van der Waals surface area (Å²) in [6, 6.07) is 5.43. The van der Waals surface area contributed by atoms with E-state index < -0.39 is 6.10 Å². The van der Waals surface area contributed by atoms with Gasteiger partial charge in [-0.2, -0.15) is 0 Å². The van der Waals surface area contributed by atoms with Crippen molar-refractivity contribution >= 4 is 11.6 Å². The molecule has 5 nitrogen and oxygen atoms in total. The number of hydrogen-bond donors (Lipinski definition) is 1. The van der Waals surface area contributed by atoms with Crippen LogP contribution in [0.4, 0.5) is 0 Å². The van der Waals surface area contributed by atoms with Gasteiger partial charge in [-0.15, -0.1) is 0 Å². The lowest BCUT2D eigenvalue weighted by atomic mass is 10.2. The Kier molecular flexibility index (Phi) is 5.21. The van der Waals surface area contributed by atoms with Gasteiger partial charge in [0.15, 0.2) is 0 Å². The highest BCUT2D eigenvalue weighted by Gasteiger charge is 2.11. The van der Waals surface area contributed by atoms with E-state index in [4.69, 9.17) is 16.3 Å². The molecule has 22 heavy (non-hydrogen) atoms. The van der Waals surface area contributed by atoms with Crippen molar-refractivity contribution in [3.05, 3.63) is 56.7 Å². The predicted octanol–water partition coefficient (Wildman–Crippen LogP) is 2.26. The van der Waals surface area contributed by atoms with Crippen molar-refractivity contribution < 1.29 is 9.84 Å². The summed E-state index contributed by atoms with van der Waals surface area (Å²) < 4.78 is 6.91. The van der Waals surface area contributed by atoms with Gasteiger partial charge in [-0.3, -0.25) is 9.36 Å². The Labute approximate surface area is 134 Å². The Morgan fingerprint density at radius 1 is 1.36 bits per heavy atom. The number of aryl methyl sites for hydroxylation is 2. The molecule has 0 radical (unpaired) electrons. The molecular formula is C16H19ClN2O3. The average molecular weight is 323 g/mol. The van der Waals surface area contributed by atoms with Crippen molar-refractivity contribution in [1.82, 2.24) is 9.55 Å². The molecule has 0 spiro atoms. The maximum absolute atomic E-state index is 12.0. The lowest BCUT2D eigenvalue weighted by molar-refractivity contribution is 0.0912. The molecule has 1 aromatic carbocycles. The lowest BCUT2D eigenvalue weighted by Crippen LogP contribution is -2.31. The zero-order valence-corrected chi connectivity index (χ0v) is 13.6. The molecule has 0 aliphatic carbocycles. The van der Waals surface area contributed by atoms with Gasteiger partial charge in [0.05, 0.1) is 17.9 Å². The third-order valence-corrected chi connectivity index (χ3v) is 3.75. The summed E-state index contributed by atoms with van der Waals surface area (Å²) in [5.74, 6) is 0.520. The molecule has 0 bridgehead atoms. The number of hydrogen-bond acceptors (Lipinski definition) is 4. The van der Waals surface area contributed by atoms with Crippen LogP contribution in [0, 0.1) is 20.8 Å². The number of aromatic nitrogens is 2. The molecule has 0 saturated heterocycles. The standard InChI is InChI=1S/C16H19ClN2O3/c1-10-4-5-14(17)15(6-10)22-8-13(20)7-19-9-18-12(3)11(2)16(19)21/h4-6,9,13,20H,7-8H2,1-3H3. The number of aliphatic hydroxyl groups excluding tert-OH is 1. The Morgan fingerprint density at radius 2 is 2.09 bits per heavy atom. The van der Waals surface area contributed by atoms with E-state index in [2.05, 4.69) is 4.98 Å². The Balaban J connectivity index is 2.02. The molecule has 2 aromatic rings. The Morgan fingerprint density at radius 3 is 2.82 bits per heavy atom. The third kappa shape index (κ3) is 3.87. The smallest absolute Gasteiger partial charge is 0.256 e. The quantitative estimate of drug-likeness (QED) is 0.917. The van der Waals surface area contributed by atoms with Crippen molar-refractivity contribution in [2.75, 3.05) is 6.61 Å². The van der Waals surface area contributed by atoms with Crippen LogP contribution in [0.25, 0.3) is 0 Å². The van der Waals surface area contributed by atoms with Gasteiger partial charge >= 0.3 is 0 Å². The van der Waals surface area contributed by atoms with Gasteiger partial charge in [0.1, 0.15) is 18.5 Å². The second kappa shape index (κ2) is 6.94.